The zero-order chi connectivity index (χ0) is 25.1. The molecule has 0 unspecified atom stereocenters. The molecule has 4 aromatic rings. The number of ether oxygens (including phenoxy) is 1. The number of halogens is 3. The number of nitrogens with zero attached hydrogens (tertiary/aromatic N) is 3. The minimum absolute atomic E-state index is 0.0148. The molecular weight excluding hydrogens is 488 g/mol. The van der Waals surface area contributed by atoms with E-state index in [1.165, 1.54) is 18.3 Å². The lowest BCUT2D eigenvalue weighted by Gasteiger charge is -2.15. The van der Waals surface area contributed by atoms with Crippen LogP contribution in [0.4, 0.5) is 13.2 Å². The van der Waals surface area contributed by atoms with Gasteiger partial charge in [-0.1, -0.05) is 5.16 Å². The second-order valence-electron chi connectivity index (χ2n) is 7.02. The number of hydrogen-bond acceptors (Lipinski definition) is 8. The first-order valence-corrected chi connectivity index (χ1v) is 12.0. The highest BCUT2D eigenvalue weighted by atomic mass is 31.2. The van der Waals surface area contributed by atoms with Crippen LogP contribution in [0.2, 0.25) is 0 Å². The summed E-state index contributed by atoms with van der Waals surface area (Å²) in [5.74, 6) is 0.909. The van der Waals surface area contributed by atoms with Gasteiger partial charge in [-0.2, -0.15) is 23.3 Å². The van der Waals surface area contributed by atoms with Gasteiger partial charge in [0.15, 0.2) is 5.69 Å². The molecule has 0 aliphatic heterocycles. The summed E-state index contributed by atoms with van der Waals surface area (Å²) in [6.07, 6.45) is -3.01. The predicted molar refractivity (Wildman–Crippen MR) is 119 cm³/mol. The summed E-state index contributed by atoms with van der Waals surface area (Å²) in [5, 5.41) is 10.8. The smallest absolute Gasteiger partial charge is 0.416 e. The van der Waals surface area contributed by atoms with Crippen molar-refractivity contribution in [2.45, 2.75) is 20.0 Å². The van der Waals surface area contributed by atoms with E-state index in [-0.39, 0.29) is 41.7 Å². The lowest BCUT2D eigenvalue weighted by Crippen LogP contribution is -2.11. The average Bonchev–Trinajstić information content (AvgIpc) is 3.50. The van der Waals surface area contributed by atoms with Crippen molar-refractivity contribution in [2.24, 2.45) is 0 Å². The molecule has 0 aliphatic carbocycles. The van der Waals surface area contributed by atoms with Crippen molar-refractivity contribution in [2.75, 3.05) is 13.2 Å². The summed E-state index contributed by atoms with van der Waals surface area (Å²) >= 11 is 0. The molecule has 13 heteroatoms. The molecule has 35 heavy (non-hydrogen) atoms. The lowest BCUT2D eigenvalue weighted by atomic mass is 10.2. The Hall–Kier alpha value is -3.47. The number of hydrogen-bond donors (Lipinski definition) is 1. The summed E-state index contributed by atoms with van der Waals surface area (Å²) in [6, 6.07) is 10.9. The van der Waals surface area contributed by atoms with Gasteiger partial charge >= 0.3 is 13.8 Å². The van der Waals surface area contributed by atoms with E-state index in [1.807, 2.05) is 0 Å². The van der Waals surface area contributed by atoms with Crippen LogP contribution in [0.25, 0.3) is 23.0 Å². The van der Waals surface area contributed by atoms with Gasteiger partial charge in [-0.15, -0.1) is 0 Å². The van der Waals surface area contributed by atoms with E-state index in [9.17, 15) is 17.7 Å². The summed E-state index contributed by atoms with van der Waals surface area (Å²) in [4.78, 5) is 4.32. The number of alkyl halides is 3. The molecule has 0 amide bonds. The molecular formula is C22H20F3N4O5P. The van der Waals surface area contributed by atoms with Crippen molar-refractivity contribution in [3.8, 4) is 34.5 Å². The highest BCUT2D eigenvalue weighted by Crippen LogP contribution is 2.48. The summed E-state index contributed by atoms with van der Waals surface area (Å²) < 4.78 is 72.9. The van der Waals surface area contributed by atoms with Crippen LogP contribution in [0.5, 0.6) is 11.5 Å². The van der Waals surface area contributed by atoms with Crippen LogP contribution in [0.3, 0.4) is 0 Å². The normalized spacial score (nSPS) is 12.1. The Bertz CT molecular complexity index is 1310. The predicted octanol–water partition coefficient (Wildman–Crippen LogP) is 5.83. The van der Waals surface area contributed by atoms with Gasteiger partial charge in [0.1, 0.15) is 16.8 Å². The summed E-state index contributed by atoms with van der Waals surface area (Å²) in [5.41, 5.74) is -0.0297. The lowest BCUT2D eigenvalue weighted by molar-refractivity contribution is -0.137. The zero-order valence-electron chi connectivity index (χ0n) is 18.6. The van der Waals surface area contributed by atoms with Gasteiger partial charge in [-0.25, -0.2) is 0 Å². The molecule has 0 bridgehead atoms. The summed E-state index contributed by atoms with van der Waals surface area (Å²) in [7, 11) is -3.64. The molecule has 2 aromatic heterocycles. The van der Waals surface area contributed by atoms with Crippen LogP contribution in [-0.2, 0) is 19.8 Å². The van der Waals surface area contributed by atoms with E-state index in [0.717, 1.165) is 12.1 Å². The molecule has 4 rings (SSSR count). The maximum atomic E-state index is 13.1. The highest BCUT2D eigenvalue weighted by molar-refractivity contribution is 7.62. The van der Waals surface area contributed by atoms with Gasteiger partial charge in [0.05, 0.1) is 18.8 Å². The molecule has 0 spiro atoms. The molecule has 0 radical (unpaired) electrons. The van der Waals surface area contributed by atoms with E-state index < -0.39 is 19.3 Å². The fraction of sp³-hybridized carbons (Fsp3) is 0.227. The second-order valence-corrected chi connectivity index (χ2v) is 9.02. The number of rotatable bonds is 9. The van der Waals surface area contributed by atoms with Crippen LogP contribution in [0, 0.1) is 0 Å². The van der Waals surface area contributed by atoms with E-state index in [2.05, 4.69) is 20.3 Å². The fourth-order valence-electron chi connectivity index (χ4n) is 3.12. The molecule has 0 fully saturated rings. The third kappa shape index (κ3) is 5.45. The third-order valence-electron chi connectivity index (χ3n) is 4.67. The highest BCUT2D eigenvalue weighted by Gasteiger charge is 2.34. The Morgan fingerprint density at radius 3 is 2.14 bits per heavy atom. The minimum Gasteiger partial charge on any atom is -0.457 e. The number of H-pyrrole nitrogens is 1. The van der Waals surface area contributed by atoms with Gasteiger partial charge in [0.25, 0.3) is 5.89 Å². The maximum absolute atomic E-state index is 13.1. The number of nitrogens with one attached hydrogen (secondary N) is 1. The first kappa shape index (κ1) is 24.6. The van der Waals surface area contributed by atoms with Crippen molar-refractivity contribution in [3.05, 3.63) is 60.3 Å². The molecule has 0 saturated carbocycles. The monoisotopic (exact) mass is 508 g/mol. The maximum Gasteiger partial charge on any atom is 0.416 e. The van der Waals surface area contributed by atoms with Crippen LogP contribution >= 0.6 is 7.60 Å². The van der Waals surface area contributed by atoms with Crippen molar-refractivity contribution in [1.82, 2.24) is 20.3 Å². The molecule has 1 N–H and O–H groups in total. The van der Waals surface area contributed by atoms with Crippen molar-refractivity contribution in [3.63, 3.8) is 0 Å². The first-order chi connectivity index (χ1) is 16.7. The van der Waals surface area contributed by atoms with Gasteiger partial charge in [-0.3, -0.25) is 9.66 Å². The topological polar surface area (TPSA) is 112 Å². The standard InChI is InChI=1S/C22H20F3N4O5P/c1-3-31-35(30,32-4-2)18-13-26-28-19(18)21-27-20(29-34-21)14-5-9-16(10-6-14)33-17-11-7-15(8-12-17)22(23,24)25/h5-13H,3-4H2,1-2H3,(H,26,28). The van der Waals surface area contributed by atoms with E-state index in [4.69, 9.17) is 18.3 Å². The minimum atomic E-state index is -4.41. The van der Waals surface area contributed by atoms with Gasteiger partial charge in [0, 0.05) is 11.8 Å². The quantitative estimate of drug-likeness (QED) is 0.281. The SMILES string of the molecule is CCOP(=O)(OCC)c1c[nH]nc1-c1nc(-c2ccc(Oc3ccc(C(F)(F)F)cc3)cc2)no1. The molecule has 0 atom stereocenters. The molecule has 0 aliphatic rings. The molecule has 2 heterocycles. The molecule has 9 nitrogen and oxygen atoms in total. The average molecular weight is 508 g/mol. The number of benzene rings is 2. The Balaban J connectivity index is 1.51. The van der Waals surface area contributed by atoms with E-state index in [1.54, 1.807) is 38.1 Å². The zero-order valence-corrected chi connectivity index (χ0v) is 19.5. The van der Waals surface area contributed by atoms with Crippen LogP contribution in [0.1, 0.15) is 19.4 Å². The molecule has 2 aromatic carbocycles. The van der Waals surface area contributed by atoms with Gasteiger partial charge in [0.2, 0.25) is 5.82 Å². The fourth-order valence-corrected chi connectivity index (χ4v) is 4.78. The number of aromatic amines is 1. The molecule has 0 saturated heterocycles. The third-order valence-corrected chi connectivity index (χ3v) is 6.80. The number of aromatic nitrogens is 4. The molecule has 184 valence electrons. The van der Waals surface area contributed by atoms with Crippen LogP contribution < -0.4 is 10.0 Å². The Labute approximate surface area is 197 Å². The van der Waals surface area contributed by atoms with Crippen LogP contribution in [0.15, 0.2) is 59.3 Å². The first-order valence-electron chi connectivity index (χ1n) is 10.5. The van der Waals surface area contributed by atoms with Gasteiger partial charge < -0.3 is 18.3 Å². The Kier molecular flexibility index (Phi) is 7.06. The van der Waals surface area contributed by atoms with Crippen molar-refractivity contribution < 1.29 is 36.0 Å². The van der Waals surface area contributed by atoms with E-state index in [0.29, 0.717) is 11.3 Å². The largest absolute Gasteiger partial charge is 0.457 e. The van der Waals surface area contributed by atoms with Crippen molar-refractivity contribution in [1.29, 1.82) is 0 Å². The van der Waals surface area contributed by atoms with Gasteiger partial charge in [-0.05, 0) is 62.4 Å². The van der Waals surface area contributed by atoms with Crippen molar-refractivity contribution >= 4 is 12.9 Å². The Morgan fingerprint density at radius 2 is 1.57 bits per heavy atom. The summed E-state index contributed by atoms with van der Waals surface area (Å²) in [6.45, 7) is 3.72. The Morgan fingerprint density at radius 1 is 0.971 bits per heavy atom. The van der Waals surface area contributed by atoms with Crippen LogP contribution in [-0.4, -0.2) is 33.6 Å². The van der Waals surface area contributed by atoms with E-state index >= 15 is 0 Å². The second kappa shape index (κ2) is 10.0.